The number of hydrogen-bond donors (Lipinski definition) is 0. The number of hydrogen-bond acceptors (Lipinski definition) is 4. The van der Waals surface area contributed by atoms with Gasteiger partial charge in [0, 0.05) is 27.9 Å². The zero-order chi connectivity index (χ0) is 24.6. The zero-order valence-corrected chi connectivity index (χ0v) is 20.9. The minimum Gasteiger partial charge on any atom is -0.486 e. The van der Waals surface area contributed by atoms with E-state index in [1.165, 1.54) is 30.0 Å². The fraction of sp³-hybridized carbons (Fsp3) is 0.250. The fourth-order valence-electron chi connectivity index (χ4n) is 4.95. The van der Waals surface area contributed by atoms with Crippen molar-refractivity contribution in [2.75, 3.05) is 13.2 Å². The first-order valence-corrected chi connectivity index (χ1v) is 13.3. The molecule has 0 saturated heterocycles. The SMILES string of the molecule is Fc1ccc(-n2c(SCc3c(F)cccc3Cl)nc3c2C(c2ccc4c(c2)OCCO4)CCC3)cc1. The van der Waals surface area contributed by atoms with Crippen molar-refractivity contribution in [3.05, 3.63) is 99.8 Å². The Hall–Kier alpha value is -3.03. The second-order valence-corrected chi connectivity index (χ2v) is 10.2. The van der Waals surface area contributed by atoms with Gasteiger partial charge in [-0.05, 0) is 73.4 Å². The van der Waals surface area contributed by atoms with E-state index in [-0.39, 0.29) is 17.6 Å². The number of imidazole rings is 1. The monoisotopic (exact) mass is 524 g/mol. The second kappa shape index (κ2) is 9.79. The predicted molar refractivity (Wildman–Crippen MR) is 137 cm³/mol. The molecule has 0 bridgehead atoms. The van der Waals surface area contributed by atoms with Gasteiger partial charge < -0.3 is 9.47 Å². The Kier molecular flexibility index (Phi) is 6.36. The number of fused-ring (bicyclic) bond motifs is 2. The third kappa shape index (κ3) is 4.35. The number of halogens is 3. The molecule has 0 fully saturated rings. The molecule has 4 nitrogen and oxygen atoms in total. The molecule has 3 aromatic carbocycles. The Labute approximate surface area is 217 Å². The van der Waals surface area contributed by atoms with Gasteiger partial charge in [-0.25, -0.2) is 13.8 Å². The van der Waals surface area contributed by atoms with Gasteiger partial charge in [-0.3, -0.25) is 4.57 Å². The van der Waals surface area contributed by atoms with Gasteiger partial charge in [-0.1, -0.05) is 35.5 Å². The van der Waals surface area contributed by atoms with E-state index in [1.54, 1.807) is 24.3 Å². The van der Waals surface area contributed by atoms with E-state index in [4.69, 9.17) is 26.1 Å². The molecule has 36 heavy (non-hydrogen) atoms. The third-order valence-corrected chi connectivity index (χ3v) is 7.97. The lowest BCUT2D eigenvalue weighted by atomic mass is 9.84. The van der Waals surface area contributed by atoms with Crippen LogP contribution in [-0.4, -0.2) is 22.8 Å². The average Bonchev–Trinajstić information content (AvgIpc) is 3.27. The summed E-state index contributed by atoms with van der Waals surface area (Å²) in [5.74, 6) is 1.27. The van der Waals surface area contributed by atoms with Crippen LogP contribution < -0.4 is 9.47 Å². The number of benzene rings is 3. The Bertz CT molecular complexity index is 1400. The number of rotatable bonds is 5. The molecule has 1 aromatic heterocycles. The fourth-order valence-corrected chi connectivity index (χ4v) is 6.33. The van der Waals surface area contributed by atoms with Crippen LogP contribution in [0.3, 0.4) is 0 Å². The van der Waals surface area contributed by atoms with Crippen molar-refractivity contribution in [1.82, 2.24) is 9.55 Å². The summed E-state index contributed by atoms with van der Waals surface area (Å²) in [6.45, 7) is 1.07. The molecule has 0 N–H and O–H groups in total. The summed E-state index contributed by atoms with van der Waals surface area (Å²) >= 11 is 7.72. The van der Waals surface area contributed by atoms with Crippen LogP contribution in [0.25, 0.3) is 5.69 Å². The van der Waals surface area contributed by atoms with Crippen LogP contribution in [0.2, 0.25) is 5.02 Å². The van der Waals surface area contributed by atoms with Gasteiger partial charge in [0.2, 0.25) is 0 Å². The van der Waals surface area contributed by atoms with Gasteiger partial charge in [0.1, 0.15) is 24.8 Å². The largest absolute Gasteiger partial charge is 0.486 e. The first-order valence-electron chi connectivity index (χ1n) is 11.9. The molecule has 0 radical (unpaired) electrons. The molecule has 0 spiro atoms. The highest BCUT2D eigenvalue weighted by molar-refractivity contribution is 7.98. The zero-order valence-electron chi connectivity index (χ0n) is 19.3. The smallest absolute Gasteiger partial charge is 0.173 e. The summed E-state index contributed by atoms with van der Waals surface area (Å²) in [6, 6.07) is 17.2. The maximum absolute atomic E-state index is 14.5. The number of aryl methyl sites for hydroxylation is 1. The molecule has 0 saturated carbocycles. The Balaban J connectivity index is 1.44. The lowest BCUT2D eigenvalue weighted by Gasteiger charge is -2.27. The highest BCUT2D eigenvalue weighted by Gasteiger charge is 2.31. The number of aromatic nitrogens is 2. The highest BCUT2D eigenvalue weighted by atomic mass is 35.5. The van der Waals surface area contributed by atoms with Crippen molar-refractivity contribution in [2.24, 2.45) is 0 Å². The van der Waals surface area contributed by atoms with E-state index >= 15 is 0 Å². The van der Waals surface area contributed by atoms with Crippen molar-refractivity contribution >= 4 is 23.4 Å². The molecule has 0 amide bonds. The normalized spacial score (nSPS) is 16.6. The molecule has 8 heteroatoms. The summed E-state index contributed by atoms with van der Waals surface area (Å²) in [5, 5.41) is 1.12. The Morgan fingerprint density at radius 3 is 2.61 bits per heavy atom. The van der Waals surface area contributed by atoms with Crippen LogP contribution in [-0.2, 0) is 12.2 Å². The van der Waals surface area contributed by atoms with Crippen LogP contribution in [0, 0.1) is 11.6 Å². The summed E-state index contributed by atoms with van der Waals surface area (Å²) in [7, 11) is 0. The van der Waals surface area contributed by atoms with Gasteiger partial charge in [-0.2, -0.15) is 0 Å². The average molecular weight is 525 g/mol. The van der Waals surface area contributed by atoms with Crippen molar-refractivity contribution in [3.63, 3.8) is 0 Å². The molecule has 6 rings (SSSR count). The molecule has 4 aromatic rings. The van der Waals surface area contributed by atoms with Gasteiger partial charge >= 0.3 is 0 Å². The van der Waals surface area contributed by atoms with E-state index in [9.17, 15) is 8.78 Å². The predicted octanol–water partition coefficient (Wildman–Crippen LogP) is 7.34. The molecule has 2 heterocycles. The van der Waals surface area contributed by atoms with Crippen LogP contribution in [0.15, 0.2) is 65.8 Å². The van der Waals surface area contributed by atoms with E-state index < -0.39 is 0 Å². The topological polar surface area (TPSA) is 36.3 Å². The molecule has 1 aliphatic heterocycles. The highest BCUT2D eigenvalue weighted by Crippen LogP contribution is 2.43. The first-order chi connectivity index (χ1) is 17.6. The van der Waals surface area contributed by atoms with Crippen molar-refractivity contribution in [2.45, 2.75) is 36.1 Å². The lowest BCUT2D eigenvalue weighted by molar-refractivity contribution is 0.171. The van der Waals surface area contributed by atoms with Crippen LogP contribution >= 0.6 is 23.4 Å². The second-order valence-electron chi connectivity index (χ2n) is 8.87. The van der Waals surface area contributed by atoms with E-state index in [0.29, 0.717) is 29.6 Å². The Morgan fingerprint density at radius 2 is 1.81 bits per heavy atom. The quantitative estimate of drug-likeness (QED) is 0.256. The molecule has 1 atom stereocenters. The van der Waals surface area contributed by atoms with Crippen molar-refractivity contribution in [3.8, 4) is 17.2 Å². The molecular formula is C28H23ClF2N2O2S. The van der Waals surface area contributed by atoms with Gasteiger partial charge in [0.05, 0.1) is 11.4 Å². The molecule has 1 unspecified atom stereocenters. The molecule has 2 aliphatic rings. The van der Waals surface area contributed by atoms with Crippen molar-refractivity contribution in [1.29, 1.82) is 0 Å². The van der Waals surface area contributed by atoms with Crippen LogP contribution in [0.5, 0.6) is 11.5 Å². The number of ether oxygens (including phenoxy) is 2. The Morgan fingerprint density at radius 1 is 1.00 bits per heavy atom. The third-order valence-electron chi connectivity index (χ3n) is 6.66. The maximum Gasteiger partial charge on any atom is 0.173 e. The van der Waals surface area contributed by atoms with Crippen LogP contribution in [0.4, 0.5) is 8.78 Å². The minimum absolute atomic E-state index is 0.0773. The van der Waals surface area contributed by atoms with Gasteiger partial charge in [0.25, 0.3) is 0 Å². The first kappa shape index (κ1) is 23.4. The summed E-state index contributed by atoms with van der Waals surface area (Å²) in [4.78, 5) is 5.00. The number of thioether (sulfide) groups is 1. The summed E-state index contributed by atoms with van der Waals surface area (Å²) in [5.41, 5.74) is 4.47. The minimum atomic E-state index is -0.339. The molecule has 1 aliphatic carbocycles. The van der Waals surface area contributed by atoms with Crippen molar-refractivity contribution < 1.29 is 18.3 Å². The lowest BCUT2D eigenvalue weighted by Crippen LogP contribution is -2.17. The maximum atomic E-state index is 14.5. The summed E-state index contributed by atoms with van der Waals surface area (Å²) < 4.78 is 41.9. The van der Waals surface area contributed by atoms with Crippen LogP contribution in [0.1, 0.15) is 41.3 Å². The molecular weight excluding hydrogens is 502 g/mol. The van der Waals surface area contributed by atoms with Gasteiger partial charge in [0.15, 0.2) is 16.7 Å². The van der Waals surface area contributed by atoms with E-state index in [0.717, 1.165) is 58.6 Å². The van der Waals surface area contributed by atoms with E-state index in [2.05, 4.69) is 16.7 Å². The molecule has 184 valence electrons. The number of nitrogens with zero attached hydrogens (tertiary/aromatic N) is 2. The van der Waals surface area contributed by atoms with Gasteiger partial charge in [-0.15, -0.1) is 0 Å². The van der Waals surface area contributed by atoms with E-state index in [1.807, 2.05) is 6.07 Å². The standard InChI is InChI=1S/C28H23ClF2N2O2S/c29-22-4-2-5-23(31)21(22)16-36-28-32-24-6-1-3-20(17-7-12-25-26(15-17)35-14-13-34-25)27(24)33(28)19-10-8-18(30)9-11-19/h2,4-5,7-12,15,20H,1,3,6,13-14,16H2. The summed E-state index contributed by atoms with van der Waals surface area (Å²) in [6.07, 6.45) is 2.79.